The minimum atomic E-state index is -0.203. The summed E-state index contributed by atoms with van der Waals surface area (Å²) < 4.78 is 4.85. The molecule has 0 heterocycles. The molecule has 0 aromatic carbocycles. The highest BCUT2D eigenvalue weighted by Gasteiger charge is 2.05. The zero-order valence-corrected chi connectivity index (χ0v) is 8.69. The van der Waals surface area contributed by atoms with Crippen LogP contribution in [0.1, 0.15) is 0 Å². The lowest BCUT2D eigenvalue weighted by atomic mass is 10.5. The summed E-state index contributed by atoms with van der Waals surface area (Å²) >= 11 is 4.51. The summed E-state index contributed by atoms with van der Waals surface area (Å²) in [5, 5.41) is 2.34. The van der Waals surface area contributed by atoms with E-state index in [2.05, 4.69) is 17.5 Å². The third-order valence-electron chi connectivity index (χ3n) is 1.35. The second-order valence-electron chi connectivity index (χ2n) is 2.64. The van der Waals surface area contributed by atoms with Gasteiger partial charge in [-0.05, 0) is 19.3 Å². The highest BCUT2D eigenvalue weighted by Crippen LogP contribution is 1.82. The molecule has 3 N–H and O–H groups in total. The Bertz CT molecular complexity index is 187. The number of amides is 1. The first kappa shape index (κ1) is 12.3. The molecule has 0 aromatic rings. The Kier molecular flexibility index (Phi) is 6.38. The van der Waals surface area contributed by atoms with Crippen molar-refractivity contribution < 1.29 is 9.53 Å². The lowest BCUT2D eigenvalue weighted by Crippen LogP contribution is -2.41. The number of nitrogens with zero attached hydrogens (tertiary/aromatic N) is 1. The van der Waals surface area contributed by atoms with E-state index >= 15 is 0 Å². The van der Waals surface area contributed by atoms with Crippen molar-refractivity contribution in [2.75, 3.05) is 33.9 Å². The molecule has 0 aromatic heterocycles. The molecule has 0 radical (unpaired) electrons. The Morgan fingerprint density at radius 2 is 2.31 bits per heavy atom. The van der Waals surface area contributed by atoms with Crippen LogP contribution in [0.4, 0.5) is 0 Å². The number of methoxy groups -OCH3 is 1. The standard InChI is InChI=1S/C7H15N3O2S/c1-10(3-4-12-2)5-6(11)9-7(8)13/h3-5H2,1-2H3,(H3,8,9,11,13). The van der Waals surface area contributed by atoms with Gasteiger partial charge < -0.3 is 15.8 Å². The van der Waals surface area contributed by atoms with Crippen LogP contribution in [0.25, 0.3) is 0 Å². The van der Waals surface area contributed by atoms with Crippen LogP contribution in [-0.2, 0) is 9.53 Å². The molecule has 0 atom stereocenters. The predicted molar refractivity (Wildman–Crippen MR) is 54.3 cm³/mol. The van der Waals surface area contributed by atoms with Crippen molar-refractivity contribution in [2.24, 2.45) is 5.73 Å². The maximum atomic E-state index is 11.1. The quantitative estimate of drug-likeness (QED) is 0.559. The summed E-state index contributed by atoms with van der Waals surface area (Å²) in [6, 6.07) is 0. The summed E-state index contributed by atoms with van der Waals surface area (Å²) in [6.07, 6.45) is 0. The Morgan fingerprint density at radius 1 is 1.69 bits per heavy atom. The van der Waals surface area contributed by atoms with E-state index in [0.717, 1.165) is 0 Å². The Hall–Kier alpha value is -0.720. The molecule has 1 amide bonds. The van der Waals surface area contributed by atoms with Crippen LogP contribution in [0.15, 0.2) is 0 Å². The molecule has 0 fully saturated rings. The van der Waals surface area contributed by atoms with Crippen molar-refractivity contribution >= 4 is 23.2 Å². The minimum Gasteiger partial charge on any atom is -0.383 e. The number of nitrogens with two attached hydrogens (primary N) is 1. The average Bonchev–Trinajstić information content (AvgIpc) is 1.98. The number of rotatable bonds is 5. The van der Waals surface area contributed by atoms with E-state index in [9.17, 15) is 4.79 Å². The lowest BCUT2D eigenvalue weighted by Gasteiger charge is -2.14. The van der Waals surface area contributed by atoms with Gasteiger partial charge in [-0.1, -0.05) is 0 Å². The van der Waals surface area contributed by atoms with Gasteiger partial charge in [-0.25, -0.2) is 0 Å². The first-order chi connectivity index (χ1) is 6.06. The molecule has 0 saturated carbocycles. The predicted octanol–water partition coefficient (Wildman–Crippen LogP) is -1.08. The fourth-order valence-electron chi connectivity index (χ4n) is 0.748. The van der Waals surface area contributed by atoms with E-state index in [1.807, 2.05) is 11.9 Å². The molecule has 0 bridgehead atoms. The number of carbonyl (C=O) groups is 1. The van der Waals surface area contributed by atoms with E-state index in [-0.39, 0.29) is 17.6 Å². The van der Waals surface area contributed by atoms with Crippen LogP contribution in [0.5, 0.6) is 0 Å². The van der Waals surface area contributed by atoms with Gasteiger partial charge in [0.25, 0.3) is 0 Å². The van der Waals surface area contributed by atoms with Crippen LogP contribution in [-0.4, -0.2) is 49.8 Å². The number of ether oxygens (including phenoxy) is 1. The minimum absolute atomic E-state index is 0.00476. The number of thiocarbonyl (C=S) groups is 1. The molecule has 6 heteroatoms. The Balaban J connectivity index is 3.59. The molecule has 0 unspecified atom stereocenters. The van der Waals surface area contributed by atoms with Crippen molar-refractivity contribution in [3.8, 4) is 0 Å². The number of hydrogen-bond acceptors (Lipinski definition) is 4. The van der Waals surface area contributed by atoms with E-state index in [0.29, 0.717) is 13.2 Å². The van der Waals surface area contributed by atoms with Crippen LogP contribution in [0, 0.1) is 0 Å². The number of hydrogen-bond donors (Lipinski definition) is 2. The molecule has 76 valence electrons. The molecular weight excluding hydrogens is 190 g/mol. The summed E-state index contributed by atoms with van der Waals surface area (Å²) in [5.74, 6) is -0.203. The van der Waals surface area contributed by atoms with Gasteiger partial charge in [-0.3, -0.25) is 9.69 Å². The monoisotopic (exact) mass is 205 g/mol. The Labute approximate surface area is 83.2 Å². The third-order valence-corrected chi connectivity index (χ3v) is 1.46. The zero-order valence-electron chi connectivity index (χ0n) is 7.87. The second-order valence-corrected chi connectivity index (χ2v) is 3.08. The van der Waals surface area contributed by atoms with E-state index in [1.54, 1.807) is 7.11 Å². The van der Waals surface area contributed by atoms with E-state index < -0.39 is 0 Å². The molecule has 0 rings (SSSR count). The van der Waals surface area contributed by atoms with Gasteiger partial charge in [0.05, 0.1) is 13.2 Å². The van der Waals surface area contributed by atoms with Gasteiger partial charge in [0.15, 0.2) is 5.11 Å². The van der Waals surface area contributed by atoms with Gasteiger partial charge in [0.1, 0.15) is 0 Å². The van der Waals surface area contributed by atoms with Gasteiger partial charge in [-0.2, -0.15) is 0 Å². The maximum Gasteiger partial charge on any atom is 0.240 e. The van der Waals surface area contributed by atoms with Crippen molar-refractivity contribution in [1.29, 1.82) is 0 Å². The smallest absolute Gasteiger partial charge is 0.240 e. The number of nitrogens with one attached hydrogen (secondary N) is 1. The van der Waals surface area contributed by atoms with Crippen molar-refractivity contribution in [1.82, 2.24) is 10.2 Å². The van der Waals surface area contributed by atoms with E-state index in [4.69, 9.17) is 10.5 Å². The average molecular weight is 205 g/mol. The fraction of sp³-hybridized carbons (Fsp3) is 0.714. The topological polar surface area (TPSA) is 67.6 Å². The lowest BCUT2D eigenvalue weighted by molar-refractivity contribution is -0.120. The fourth-order valence-corrected chi connectivity index (χ4v) is 0.862. The molecule has 0 aliphatic carbocycles. The maximum absolute atomic E-state index is 11.1. The van der Waals surface area contributed by atoms with Crippen LogP contribution in [0.2, 0.25) is 0 Å². The Morgan fingerprint density at radius 3 is 2.77 bits per heavy atom. The van der Waals surface area contributed by atoms with Crippen molar-refractivity contribution in [3.63, 3.8) is 0 Å². The van der Waals surface area contributed by atoms with Gasteiger partial charge in [0, 0.05) is 13.7 Å². The first-order valence-electron chi connectivity index (χ1n) is 3.83. The highest BCUT2D eigenvalue weighted by molar-refractivity contribution is 7.80. The first-order valence-corrected chi connectivity index (χ1v) is 4.24. The largest absolute Gasteiger partial charge is 0.383 e. The van der Waals surface area contributed by atoms with Gasteiger partial charge in [0.2, 0.25) is 5.91 Å². The number of carbonyl (C=O) groups excluding carboxylic acids is 1. The summed E-state index contributed by atoms with van der Waals surface area (Å²) in [7, 11) is 3.43. The second kappa shape index (κ2) is 6.76. The van der Waals surface area contributed by atoms with Gasteiger partial charge in [-0.15, -0.1) is 0 Å². The van der Waals surface area contributed by atoms with E-state index in [1.165, 1.54) is 0 Å². The van der Waals surface area contributed by atoms with Crippen LogP contribution in [0.3, 0.4) is 0 Å². The van der Waals surface area contributed by atoms with Crippen LogP contribution < -0.4 is 11.1 Å². The normalized spacial score (nSPS) is 10.1. The zero-order chi connectivity index (χ0) is 10.3. The summed E-state index contributed by atoms with van der Waals surface area (Å²) in [5.41, 5.74) is 5.13. The molecule has 0 aliphatic heterocycles. The SMILES string of the molecule is COCCN(C)CC(=O)NC(N)=S. The van der Waals surface area contributed by atoms with Crippen molar-refractivity contribution in [2.45, 2.75) is 0 Å². The number of likely N-dealkylation sites (N-methyl/N-ethyl adjacent to an activating group) is 1. The molecule has 0 saturated heterocycles. The molecule has 0 aliphatic rings. The summed E-state index contributed by atoms with van der Waals surface area (Å²) in [4.78, 5) is 12.9. The third kappa shape index (κ3) is 7.63. The van der Waals surface area contributed by atoms with Crippen LogP contribution >= 0.6 is 12.2 Å². The summed E-state index contributed by atoms with van der Waals surface area (Å²) in [6.45, 7) is 1.55. The van der Waals surface area contributed by atoms with Crippen molar-refractivity contribution in [3.05, 3.63) is 0 Å². The highest BCUT2D eigenvalue weighted by atomic mass is 32.1. The molecular formula is C7H15N3O2S. The molecule has 13 heavy (non-hydrogen) atoms. The molecule has 0 spiro atoms. The molecule has 5 nitrogen and oxygen atoms in total. The van der Waals surface area contributed by atoms with Gasteiger partial charge >= 0.3 is 0 Å².